The smallest absolute Gasteiger partial charge is 0.244 e. The summed E-state index contributed by atoms with van der Waals surface area (Å²) in [7, 11) is 0. The van der Waals surface area contributed by atoms with Crippen LogP contribution >= 0.6 is 0 Å². The number of imidazole rings is 1. The molecule has 2 atom stereocenters. The Kier molecular flexibility index (Phi) is 4.92. The molecule has 2 heterocycles. The van der Waals surface area contributed by atoms with Crippen molar-refractivity contribution in [1.82, 2.24) is 14.9 Å². The highest BCUT2D eigenvalue weighted by molar-refractivity contribution is 5.91. The first-order valence-electron chi connectivity index (χ1n) is 9.27. The molecular weight excluding hydrogens is 338 g/mol. The van der Waals surface area contributed by atoms with Gasteiger partial charge in [0.25, 0.3) is 0 Å². The average molecular weight is 361 g/mol. The first-order valence-corrected chi connectivity index (χ1v) is 9.27. The van der Waals surface area contributed by atoms with Gasteiger partial charge in [0.05, 0.1) is 6.33 Å². The quantitative estimate of drug-likeness (QED) is 0.648. The average Bonchev–Trinajstić information content (AvgIpc) is 3.07. The highest BCUT2D eigenvalue weighted by atomic mass is 16.3. The molecule has 1 fully saturated rings. The summed E-state index contributed by atoms with van der Waals surface area (Å²) in [6.07, 6.45) is 9.92. The zero-order valence-corrected chi connectivity index (χ0v) is 15.3. The summed E-state index contributed by atoms with van der Waals surface area (Å²) in [5.74, 6) is 2.87. The van der Waals surface area contributed by atoms with Crippen LogP contribution in [0.1, 0.15) is 41.9 Å². The van der Waals surface area contributed by atoms with E-state index in [1.807, 2.05) is 41.1 Å². The van der Waals surface area contributed by atoms with Gasteiger partial charge in [0, 0.05) is 37.5 Å². The van der Waals surface area contributed by atoms with E-state index >= 15 is 0 Å². The van der Waals surface area contributed by atoms with Gasteiger partial charge in [-0.2, -0.15) is 0 Å². The molecule has 138 valence electrons. The van der Waals surface area contributed by atoms with E-state index in [4.69, 9.17) is 4.42 Å². The van der Waals surface area contributed by atoms with Gasteiger partial charge in [-0.15, -0.1) is 0 Å². The Morgan fingerprint density at radius 2 is 2.11 bits per heavy atom. The summed E-state index contributed by atoms with van der Waals surface area (Å²) in [6.45, 7) is 3.44. The second-order valence-electron chi connectivity index (χ2n) is 7.11. The number of benzene rings is 1. The predicted octanol–water partition coefficient (Wildman–Crippen LogP) is 3.98. The third-order valence-corrected chi connectivity index (χ3v) is 5.01. The van der Waals surface area contributed by atoms with Crippen LogP contribution in [0.3, 0.4) is 0 Å². The number of hydrogen-bond donors (Lipinski definition) is 1. The summed E-state index contributed by atoms with van der Waals surface area (Å²) in [4.78, 5) is 16.2. The molecule has 0 saturated heterocycles. The van der Waals surface area contributed by atoms with Crippen LogP contribution in [0.15, 0.2) is 65.6 Å². The van der Waals surface area contributed by atoms with Crippen LogP contribution in [0, 0.1) is 5.92 Å². The number of carbonyl (C=O) groups excluding carboxylic acids is 1. The second-order valence-corrected chi connectivity index (χ2v) is 7.11. The summed E-state index contributed by atoms with van der Waals surface area (Å²) in [5, 5.41) is 2.95. The van der Waals surface area contributed by atoms with E-state index in [1.54, 1.807) is 18.6 Å². The minimum Gasteiger partial charge on any atom is -0.461 e. The zero-order chi connectivity index (χ0) is 18.6. The van der Waals surface area contributed by atoms with E-state index in [0.29, 0.717) is 18.4 Å². The number of furan rings is 1. The van der Waals surface area contributed by atoms with E-state index in [2.05, 4.69) is 23.3 Å². The summed E-state index contributed by atoms with van der Waals surface area (Å²) < 4.78 is 7.80. The van der Waals surface area contributed by atoms with Crippen molar-refractivity contribution in [3.63, 3.8) is 0 Å². The first-order chi connectivity index (χ1) is 13.2. The van der Waals surface area contributed by atoms with Gasteiger partial charge in [-0.25, -0.2) is 4.98 Å². The van der Waals surface area contributed by atoms with Crippen LogP contribution in [0.4, 0.5) is 0 Å². The van der Waals surface area contributed by atoms with Crippen LogP contribution < -0.4 is 5.32 Å². The normalized spacial score (nSPS) is 18.7. The van der Waals surface area contributed by atoms with E-state index in [9.17, 15) is 4.79 Å². The molecule has 1 aromatic carbocycles. The van der Waals surface area contributed by atoms with Gasteiger partial charge in [-0.3, -0.25) is 4.79 Å². The van der Waals surface area contributed by atoms with E-state index in [-0.39, 0.29) is 5.91 Å². The minimum atomic E-state index is -0.134. The van der Waals surface area contributed by atoms with Crippen LogP contribution in [0.25, 0.3) is 6.08 Å². The van der Waals surface area contributed by atoms with E-state index < -0.39 is 0 Å². The molecule has 4 rings (SSSR count). The Hall–Kier alpha value is -3.08. The van der Waals surface area contributed by atoms with Gasteiger partial charge >= 0.3 is 0 Å². The number of hydrogen-bond acceptors (Lipinski definition) is 3. The van der Waals surface area contributed by atoms with Crippen molar-refractivity contribution in [2.75, 3.05) is 0 Å². The Balaban J connectivity index is 1.33. The maximum atomic E-state index is 12.2. The molecule has 1 N–H and O–H groups in total. The number of amides is 1. The number of aromatic nitrogens is 2. The topological polar surface area (TPSA) is 60.1 Å². The highest BCUT2D eigenvalue weighted by Crippen LogP contribution is 2.47. The van der Waals surface area contributed by atoms with Gasteiger partial charge < -0.3 is 14.3 Å². The molecule has 1 saturated carbocycles. The number of carbonyl (C=O) groups is 1. The second kappa shape index (κ2) is 7.66. The molecule has 2 aromatic heterocycles. The summed E-state index contributed by atoms with van der Waals surface area (Å²) in [6, 6.07) is 12.0. The molecule has 3 aromatic rings. The fraction of sp³-hybridized carbons (Fsp3) is 0.273. The third-order valence-electron chi connectivity index (χ3n) is 5.01. The van der Waals surface area contributed by atoms with Gasteiger partial charge in [0.1, 0.15) is 11.5 Å². The molecule has 0 radical (unpaired) electrons. The Morgan fingerprint density at radius 3 is 2.85 bits per heavy atom. The van der Waals surface area contributed by atoms with Crippen molar-refractivity contribution in [1.29, 1.82) is 0 Å². The lowest BCUT2D eigenvalue weighted by molar-refractivity contribution is -0.116. The van der Waals surface area contributed by atoms with Crippen LogP contribution in [0.2, 0.25) is 0 Å². The van der Waals surface area contributed by atoms with Crippen molar-refractivity contribution in [3.8, 4) is 0 Å². The molecule has 0 bridgehead atoms. The lowest BCUT2D eigenvalue weighted by atomic mass is 10.1. The lowest BCUT2D eigenvalue weighted by Crippen LogP contribution is -2.21. The molecule has 0 unspecified atom stereocenters. The Morgan fingerprint density at radius 1 is 1.30 bits per heavy atom. The highest BCUT2D eigenvalue weighted by Gasteiger charge is 2.36. The summed E-state index contributed by atoms with van der Waals surface area (Å²) >= 11 is 0. The first kappa shape index (κ1) is 17.3. The molecule has 5 heteroatoms. The molecule has 0 spiro atoms. The Labute approximate surface area is 158 Å². The van der Waals surface area contributed by atoms with Crippen molar-refractivity contribution >= 4 is 12.0 Å². The molecule has 0 aliphatic heterocycles. The van der Waals surface area contributed by atoms with Gasteiger partial charge in [-0.1, -0.05) is 31.2 Å². The molecule has 1 aliphatic carbocycles. The molecule has 1 aliphatic rings. The molecule has 1 amide bonds. The maximum absolute atomic E-state index is 12.2. The Bertz CT molecular complexity index is 940. The predicted molar refractivity (Wildman–Crippen MR) is 104 cm³/mol. The maximum Gasteiger partial charge on any atom is 0.244 e. The van der Waals surface area contributed by atoms with Crippen molar-refractivity contribution in [2.45, 2.75) is 32.4 Å². The number of nitrogens with zero attached hydrogens (tertiary/aromatic N) is 2. The van der Waals surface area contributed by atoms with Gasteiger partial charge in [-0.05, 0) is 41.7 Å². The van der Waals surface area contributed by atoms with E-state index in [1.165, 1.54) is 12.5 Å². The van der Waals surface area contributed by atoms with Crippen molar-refractivity contribution in [3.05, 3.63) is 83.8 Å². The number of rotatable bonds is 7. The minimum absolute atomic E-state index is 0.134. The molecule has 5 nitrogen and oxygen atoms in total. The third kappa shape index (κ3) is 4.37. The SMILES string of the molecule is C[C@@H]1C[C@@H]1c1ccc(/C=C/C(=O)NCc2ccccc2Cn2ccnc2)o1. The van der Waals surface area contributed by atoms with Crippen molar-refractivity contribution < 1.29 is 9.21 Å². The van der Waals surface area contributed by atoms with Crippen molar-refractivity contribution in [2.24, 2.45) is 5.92 Å². The summed E-state index contributed by atoms with van der Waals surface area (Å²) in [5.41, 5.74) is 2.25. The molecular formula is C22H23N3O2. The van der Waals surface area contributed by atoms with Crippen LogP contribution in [-0.4, -0.2) is 15.5 Å². The van der Waals surface area contributed by atoms with Crippen LogP contribution in [-0.2, 0) is 17.9 Å². The fourth-order valence-corrected chi connectivity index (χ4v) is 3.24. The van der Waals surface area contributed by atoms with Gasteiger partial charge in [0.15, 0.2) is 0 Å². The largest absolute Gasteiger partial charge is 0.461 e. The molecule has 27 heavy (non-hydrogen) atoms. The monoisotopic (exact) mass is 361 g/mol. The zero-order valence-electron chi connectivity index (χ0n) is 15.3. The fourth-order valence-electron chi connectivity index (χ4n) is 3.24. The van der Waals surface area contributed by atoms with E-state index in [0.717, 1.165) is 29.2 Å². The lowest BCUT2D eigenvalue weighted by Gasteiger charge is -2.10. The van der Waals surface area contributed by atoms with Crippen LogP contribution in [0.5, 0.6) is 0 Å². The van der Waals surface area contributed by atoms with Gasteiger partial charge in [0.2, 0.25) is 5.91 Å². The number of nitrogens with one attached hydrogen (secondary N) is 1. The standard InChI is InChI=1S/C22H23N3O2/c1-16-12-20(16)21-8-6-19(27-21)7-9-22(26)24-13-17-4-2-3-5-18(17)14-25-11-10-23-15-25/h2-11,15-16,20H,12-14H2,1H3,(H,24,26)/b9-7+/t16-,20+/m1/s1.